The lowest BCUT2D eigenvalue weighted by atomic mass is 10.2. The minimum absolute atomic E-state index is 0.102. The summed E-state index contributed by atoms with van der Waals surface area (Å²) in [5.41, 5.74) is -0.296. The van der Waals surface area contributed by atoms with Crippen molar-refractivity contribution >= 4 is 15.9 Å². The van der Waals surface area contributed by atoms with Crippen LogP contribution in [0, 0.1) is 5.82 Å². The molecule has 0 radical (unpaired) electrons. The second-order valence-electron chi connectivity index (χ2n) is 5.86. The Hall–Kier alpha value is -2.26. The molecule has 0 spiro atoms. The number of halogens is 1. The number of rotatable bonds is 8. The molecule has 1 aromatic carbocycles. The largest absolute Gasteiger partial charge is 0.348 e. The van der Waals surface area contributed by atoms with Crippen molar-refractivity contribution in [3.8, 4) is 0 Å². The molecule has 0 saturated carbocycles. The van der Waals surface area contributed by atoms with Crippen molar-refractivity contribution in [2.75, 3.05) is 13.1 Å². The molecule has 2 rings (SSSR count). The molecular formula is C17H23FN4O3S. The molecule has 2 aromatic rings. The zero-order chi connectivity index (χ0) is 19.3. The summed E-state index contributed by atoms with van der Waals surface area (Å²) in [5.74, 6) is -1.43. The first-order chi connectivity index (χ1) is 12.3. The van der Waals surface area contributed by atoms with Crippen LogP contribution in [-0.2, 0) is 16.6 Å². The molecule has 1 amide bonds. The molecule has 0 unspecified atom stereocenters. The summed E-state index contributed by atoms with van der Waals surface area (Å²) in [4.78, 5) is 16.2. The van der Waals surface area contributed by atoms with Gasteiger partial charge in [0, 0.05) is 38.1 Å². The smallest absolute Gasteiger partial charge is 0.254 e. The molecule has 0 aliphatic heterocycles. The molecule has 1 heterocycles. The predicted molar refractivity (Wildman–Crippen MR) is 95.7 cm³/mol. The highest BCUT2D eigenvalue weighted by atomic mass is 32.2. The van der Waals surface area contributed by atoms with Crippen LogP contribution in [0.4, 0.5) is 4.39 Å². The molecule has 26 heavy (non-hydrogen) atoms. The van der Waals surface area contributed by atoms with Gasteiger partial charge in [-0.25, -0.2) is 17.8 Å². The number of carbonyl (C=O) groups is 1. The number of carbonyl (C=O) groups excluding carboxylic acids is 1. The summed E-state index contributed by atoms with van der Waals surface area (Å²) in [6.07, 6.45) is 4.98. The topological polar surface area (TPSA) is 84.3 Å². The highest BCUT2D eigenvalue weighted by Crippen LogP contribution is 2.19. The minimum atomic E-state index is -3.77. The minimum Gasteiger partial charge on any atom is -0.348 e. The normalized spacial score (nSPS) is 13.0. The molecule has 1 aromatic heterocycles. The van der Waals surface area contributed by atoms with E-state index in [-0.39, 0.29) is 16.5 Å². The Balaban J connectivity index is 2.22. The number of sulfonamides is 1. The van der Waals surface area contributed by atoms with Crippen LogP contribution in [0.3, 0.4) is 0 Å². The van der Waals surface area contributed by atoms with Crippen LogP contribution >= 0.6 is 0 Å². The van der Waals surface area contributed by atoms with Gasteiger partial charge in [0.25, 0.3) is 5.91 Å². The number of imidazole rings is 1. The number of amides is 1. The fraction of sp³-hybridized carbons (Fsp3) is 0.412. The quantitative estimate of drug-likeness (QED) is 0.755. The maximum Gasteiger partial charge on any atom is 0.254 e. The first kappa shape index (κ1) is 20.1. The Morgan fingerprint density at radius 1 is 1.35 bits per heavy atom. The maximum absolute atomic E-state index is 14.1. The van der Waals surface area contributed by atoms with E-state index in [1.165, 1.54) is 10.4 Å². The molecule has 0 fully saturated rings. The monoisotopic (exact) mass is 382 g/mol. The van der Waals surface area contributed by atoms with Crippen molar-refractivity contribution in [1.82, 2.24) is 19.2 Å². The van der Waals surface area contributed by atoms with Gasteiger partial charge < -0.3 is 9.88 Å². The number of benzene rings is 1. The van der Waals surface area contributed by atoms with Gasteiger partial charge in [0.05, 0.1) is 16.8 Å². The van der Waals surface area contributed by atoms with Crippen LogP contribution in [0.1, 0.15) is 31.1 Å². The van der Waals surface area contributed by atoms with Gasteiger partial charge in [-0.2, -0.15) is 4.31 Å². The van der Waals surface area contributed by atoms with Gasteiger partial charge in [-0.1, -0.05) is 13.8 Å². The molecule has 0 aliphatic carbocycles. The van der Waals surface area contributed by atoms with Crippen LogP contribution in [0.5, 0.6) is 0 Å². The highest BCUT2D eigenvalue weighted by molar-refractivity contribution is 7.89. The fourth-order valence-corrected chi connectivity index (χ4v) is 4.09. The van der Waals surface area contributed by atoms with Gasteiger partial charge in [0.1, 0.15) is 5.82 Å². The van der Waals surface area contributed by atoms with Crippen molar-refractivity contribution in [1.29, 1.82) is 0 Å². The molecule has 1 N–H and O–H groups in total. The molecular weight excluding hydrogens is 359 g/mol. The van der Waals surface area contributed by atoms with E-state index in [9.17, 15) is 17.6 Å². The Labute approximate surface area is 152 Å². The van der Waals surface area contributed by atoms with Crippen molar-refractivity contribution in [2.45, 2.75) is 38.3 Å². The predicted octanol–water partition coefficient (Wildman–Crippen LogP) is 1.87. The summed E-state index contributed by atoms with van der Waals surface area (Å²) in [5, 5.41) is 2.68. The Morgan fingerprint density at radius 3 is 2.62 bits per heavy atom. The third-order valence-electron chi connectivity index (χ3n) is 3.95. The molecule has 142 valence electrons. The second-order valence-corrected chi connectivity index (χ2v) is 7.80. The molecule has 9 heteroatoms. The van der Waals surface area contributed by atoms with Crippen molar-refractivity contribution < 1.29 is 17.6 Å². The number of nitrogens with one attached hydrogen (secondary N) is 1. The Morgan fingerprint density at radius 2 is 2.04 bits per heavy atom. The summed E-state index contributed by atoms with van der Waals surface area (Å²) in [6.45, 7) is 6.25. The average Bonchev–Trinajstić information content (AvgIpc) is 3.08. The lowest BCUT2D eigenvalue weighted by molar-refractivity contribution is 0.0932. The second kappa shape index (κ2) is 8.41. The number of nitrogens with zero attached hydrogens (tertiary/aromatic N) is 3. The van der Waals surface area contributed by atoms with Crippen molar-refractivity contribution in [3.05, 3.63) is 48.3 Å². The van der Waals surface area contributed by atoms with E-state index in [2.05, 4.69) is 10.3 Å². The maximum atomic E-state index is 14.1. The third-order valence-corrected chi connectivity index (χ3v) is 5.99. The van der Waals surface area contributed by atoms with Gasteiger partial charge in [-0.3, -0.25) is 4.79 Å². The summed E-state index contributed by atoms with van der Waals surface area (Å²) < 4.78 is 42.3. The average molecular weight is 382 g/mol. The molecule has 1 atom stereocenters. The standard InChI is InChI=1S/C17H23FN4O3S/c1-4-22(5-2)26(24,25)14-6-7-16(18)15(10-14)17(23)20-13(3)11-21-9-8-19-12-21/h6-10,12-13H,4-5,11H2,1-3H3,(H,20,23)/t13-/m1/s1. The van der Waals surface area contributed by atoms with Crippen LogP contribution in [0.15, 0.2) is 41.8 Å². The Bertz CT molecular complexity index is 849. The van der Waals surface area contributed by atoms with Crippen LogP contribution in [0.25, 0.3) is 0 Å². The summed E-state index contributed by atoms with van der Waals surface area (Å²) >= 11 is 0. The highest BCUT2D eigenvalue weighted by Gasteiger charge is 2.24. The third kappa shape index (κ3) is 4.47. The SMILES string of the molecule is CCN(CC)S(=O)(=O)c1ccc(F)c(C(=O)N[C@H](C)Cn2ccnc2)c1. The number of aromatic nitrogens is 2. The van der Waals surface area contributed by atoms with Gasteiger partial charge in [0.15, 0.2) is 0 Å². The van der Waals surface area contributed by atoms with E-state index in [1.54, 1.807) is 44.1 Å². The zero-order valence-electron chi connectivity index (χ0n) is 15.0. The molecule has 0 saturated heterocycles. The van der Waals surface area contributed by atoms with E-state index in [0.717, 1.165) is 12.1 Å². The summed E-state index contributed by atoms with van der Waals surface area (Å²) in [6, 6.07) is 2.97. The summed E-state index contributed by atoms with van der Waals surface area (Å²) in [7, 11) is -3.77. The van der Waals surface area contributed by atoms with Crippen LogP contribution in [0.2, 0.25) is 0 Å². The fourth-order valence-electron chi connectivity index (χ4n) is 2.61. The van der Waals surface area contributed by atoms with Gasteiger partial charge >= 0.3 is 0 Å². The zero-order valence-corrected chi connectivity index (χ0v) is 15.8. The molecule has 0 aliphatic rings. The van der Waals surface area contributed by atoms with Gasteiger partial charge in [-0.15, -0.1) is 0 Å². The van der Waals surface area contributed by atoms with Crippen molar-refractivity contribution in [2.24, 2.45) is 0 Å². The lowest BCUT2D eigenvalue weighted by Crippen LogP contribution is -2.36. The molecule has 7 nitrogen and oxygen atoms in total. The van der Waals surface area contributed by atoms with E-state index < -0.39 is 21.7 Å². The van der Waals surface area contributed by atoms with Crippen LogP contribution in [-0.4, -0.2) is 47.3 Å². The number of hydrogen-bond donors (Lipinski definition) is 1. The van der Waals surface area contributed by atoms with Gasteiger partial charge in [-0.05, 0) is 25.1 Å². The van der Waals surface area contributed by atoms with E-state index in [1.807, 2.05) is 0 Å². The molecule has 0 bridgehead atoms. The van der Waals surface area contributed by atoms with Crippen LogP contribution < -0.4 is 5.32 Å². The number of hydrogen-bond acceptors (Lipinski definition) is 4. The Kier molecular flexibility index (Phi) is 6.49. The van der Waals surface area contributed by atoms with Crippen molar-refractivity contribution in [3.63, 3.8) is 0 Å². The first-order valence-corrected chi connectivity index (χ1v) is 9.79. The van der Waals surface area contributed by atoms with E-state index in [4.69, 9.17) is 0 Å². The first-order valence-electron chi connectivity index (χ1n) is 8.35. The van der Waals surface area contributed by atoms with E-state index >= 15 is 0 Å². The lowest BCUT2D eigenvalue weighted by Gasteiger charge is -2.19. The van der Waals surface area contributed by atoms with Gasteiger partial charge in [0.2, 0.25) is 10.0 Å². The van der Waals surface area contributed by atoms with E-state index in [0.29, 0.717) is 19.6 Å².